The Morgan fingerprint density at radius 3 is 2.20 bits per heavy atom. The first-order chi connectivity index (χ1) is 19.1. The van der Waals surface area contributed by atoms with E-state index in [0.717, 1.165) is 40.7 Å². The molecule has 0 heterocycles. The molecule has 6 nitrogen and oxygen atoms in total. The maximum absolute atomic E-state index is 12.4. The number of carbonyl (C=O) groups excluding carboxylic acids is 3. The quantitative estimate of drug-likeness (QED) is 0.157. The summed E-state index contributed by atoms with van der Waals surface area (Å²) in [6, 6.07) is 17.3. The minimum atomic E-state index is -0.580. The average Bonchev–Trinajstić information content (AvgIpc) is 3.34. The summed E-state index contributed by atoms with van der Waals surface area (Å²) in [5.41, 5.74) is 7.37. The molecule has 0 radical (unpaired) electrons. The number of hydrogen-bond acceptors (Lipinski definition) is 6. The summed E-state index contributed by atoms with van der Waals surface area (Å²) in [6.07, 6.45) is 2.90. The second-order valence-electron chi connectivity index (χ2n) is 9.95. The maximum Gasteiger partial charge on any atom is 0.338 e. The van der Waals surface area contributed by atoms with E-state index in [9.17, 15) is 14.4 Å². The van der Waals surface area contributed by atoms with Gasteiger partial charge in [0.2, 0.25) is 0 Å². The van der Waals surface area contributed by atoms with Crippen LogP contribution in [0.1, 0.15) is 43.1 Å². The summed E-state index contributed by atoms with van der Waals surface area (Å²) in [4.78, 5) is 36.1. The second-order valence-corrected chi connectivity index (χ2v) is 9.95. The standard InChI is InChI=1S/C34H32O6/c1-7-26(35)19-38-31-15-11-23-8-9-25(17-30(23)31)24-10-13-28(22(6)16-24)29-14-12-27(39-33(36)20(2)3)18-32(29)40-34(37)21(4)5/h7-10,12-14,16-18,31H,1-2,4,11,15,19H2,3,5-6H3. The van der Waals surface area contributed by atoms with Crippen molar-refractivity contribution in [3.05, 3.63) is 108 Å². The van der Waals surface area contributed by atoms with Crippen molar-refractivity contribution in [2.75, 3.05) is 6.61 Å². The topological polar surface area (TPSA) is 78.9 Å². The largest absolute Gasteiger partial charge is 0.423 e. The van der Waals surface area contributed by atoms with Gasteiger partial charge in [-0.05, 0) is 91.3 Å². The third-order valence-corrected chi connectivity index (χ3v) is 6.74. The predicted molar refractivity (Wildman–Crippen MR) is 155 cm³/mol. The molecule has 204 valence electrons. The number of carbonyl (C=O) groups is 3. The van der Waals surface area contributed by atoms with Gasteiger partial charge in [-0.15, -0.1) is 0 Å². The van der Waals surface area contributed by atoms with E-state index in [0.29, 0.717) is 5.56 Å². The second kappa shape index (κ2) is 12.1. The molecule has 0 aliphatic heterocycles. The van der Waals surface area contributed by atoms with Crippen LogP contribution in [0.2, 0.25) is 0 Å². The first-order valence-electron chi connectivity index (χ1n) is 13.0. The van der Waals surface area contributed by atoms with Gasteiger partial charge in [0.05, 0.1) is 6.10 Å². The lowest BCUT2D eigenvalue weighted by Crippen LogP contribution is -2.11. The molecule has 1 aliphatic carbocycles. The van der Waals surface area contributed by atoms with E-state index in [2.05, 4.69) is 44.0 Å². The minimum Gasteiger partial charge on any atom is -0.423 e. The zero-order valence-corrected chi connectivity index (χ0v) is 23.0. The molecule has 3 aromatic rings. The van der Waals surface area contributed by atoms with Crippen molar-refractivity contribution >= 4 is 17.7 Å². The molecule has 1 unspecified atom stereocenters. The molecule has 1 aliphatic rings. The fourth-order valence-electron chi connectivity index (χ4n) is 4.56. The van der Waals surface area contributed by atoms with E-state index >= 15 is 0 Å². The van der Waals surface area contributed by atoms with Gasteiger partial charge < -0.3 is 14.2 Å². The molecule has 6 heteroatoms. The smallest absolute Gasteiger partial charge is 0.338 e. The van der Waals surface area contributed by atoms with Crippen LogP contribution in [-0.4, -0.2) is 24.3 Å². The zero-order valence-electron chi connectivity index (χ0n) is 23.0. The Hall–Kier alpha value is -4.55. The number of ketones is 1. The number of rotatable bonds is 10. The molecule has 0 bridgehead atoms. The van der Waals surface area contributed by atoms with Crippen LogP contribution in [0.15, 0.2) is 91.6 Å². The van der Waals surface area contributed by atoms with E-state index in [1.807, 2.05) is 19.1 Å². The Morgan fingerprint density at radius 1 is 0.875 bits per heavy atom. The lowest BCUT2D eigenvalue weighted by Gasteiger charge is -2.16. The number of esters is 2. The first kappa shape index (κ1) is 28.5. The summed E-state index contributed by atoms with van der Waals surface area (Å²) in [6.45, 7) is 15.9. The average molecular weight is 537 g/mol. The fraction of sp³-hybridized carbons (Fsp3) is 0.206. The summed E-state index contributed by atoms with van der Waals surface area (Å²) in [7, 11) is 0. The Bertz CT molecular complexity index is 1540. The third-order valence-electron chi connectivity index (χ3n) is 6.74. The van der Waals surface area contributed by atoms with Gasteiger partial charge in [0.25, 0.3) is 0 Å². The fourth-order valence-corrected chi connectivity index (χ4v) is 4.56. The highest BCUT2D eigenvalue weighted by molar-refractivity contribution is 5.92. The van der Waals surface area contributed by atoms with Crippen molar-refractivity contribution in [2.24, 2.45) is 0 Å². The molecule has 0 saturated heterocycles. The zero-order chi connectivity index (χ0) is 29.0. The van der Waals surface area contributed by atoms with Crippen LogP contribution in [0.25, 0.3) is 22.3 Å². The molecule has 4 rings (SSSR count). The van der Waals surface area contributed by atoms with Crippen LogP contribution in [0.5, 0.6) is 11.5 Å². The van der Waals surface area contributed by atoms with Gasteiger partial charge in [0, 0.05) is 22.8 Å². The van der Waals surface area contributed by atoms with E-state index in [1.165, 1.54) is 17.7 Å². The molecule has 0 aromatic heterocycles. The van der Waals surface area contributed by atoms with Crippen molar-refractivity contribution in [1.29, 1.82) is 0 Å². The molecule has 0 N–H and O–H groups in total. The molecule has 3 aromatic carbocycles. The van der Waals surface area contributed by atoms with Crippen LogP contribution < -0.4 is 9.47 Å². The molecular weight excluding hydrogens is 504 g/mol. The normalized spacial score (nSPS) is 13.7. The van der Waals surface area contributed by atoms with Crippen LogP contribution in [0, 0.1) is 6.92 Å². The van der Waals surface area contributed by atoms with E-state index in [1.54, 1.807) is 26.0 Å². The summed E-state index contributed by atoms with van der Waals surface area (Å²) < 4.78 is 16.9. The Kier molecular flexibility index (Phi) is 8.61. The highest BCUT2D eigenvalue weighted by atomic mass is 16.5. The van der Waals surface area contributed by atoms with E-state index in [4.69, 9.17) is 14.2 Å². The van der Waals surface area contributed by atoms with Crippen molar-refractivity contribution in [3.8, 4) is 33.8 Å². The van der Waals surface area contributed by atoms with Crippen molar-refractivity contribution in [2.45, 2.75) is 39.7 Å². The maximum atomic E-state index is 12.4. The van der Waals surface area contributed by atoms with Crippen molar-refractivity contribution in [3.63, 3.8) is 0 Å². The molecule has 0 amide bonds. The Morgan fingerprint density at radius 2 is 1.52 bits per heavy atom. The van der Waals surface area contributed by atoms with Crippen LogP contribution >= 0.6 is 0 Å². The summed E-state index contributed by atoms with van der Waals surface area (Å²) >= 11 is 0. The number of fused-ring (bicyclic) bond motifs is 1. The lowest BCUT2D eigenvalue weighted by atomic mass is 9.93. The van der Waals surface area contributed by atoms with Crippen molar-refractivity contribution < 1.29 is 28.6 Å². The van der Waals surface area contributed by atoms with Gasteiger partial charge in [0.1, 0.15) is 18.1 Å². The number of benzene rings is 3. The summed E-state index contributed by atoms with van der Waals surface area (Å²) in [5, 5.41) is 0. The minimum absolute atomic E-state index is 0.0229. The molecule has 1 atom stereocenters. The van der Waals surface area contributed by atoms with Gasteiger partial charge in [0.15, 0.2) is 5.78 Å². The van der Waals surface area contributed by atoms with E-state index < -0.39 is 11.9 Å². The number of aryl methyl sites for hydroxylation is 2. The van der Waals surface area contributed by atoms with Crippen LogP contribution in [0.3, 0.4) is 0 Å². The molecule has 0 fully saturated rings. The predicted octanol–water partition coefficient (Wildman–Crippen LogP) is 7.05. The Labute approximate surface area is 234 Å². The van der Waals surface area contributed by atoms with Crippen LogP contribution in [0.4, 0.5) is 0 Å². The first-order valence-corrected chi connectivity index (χ1v) is 13.0. The van der Waals surface area contributed by atoms with Gasteiger partial charge in [-0.2, -0.15) is 0 Å². The molecule has 40 heavy (non-hydrogen) atoms. The molecular formula is C34H32O6. The van der Waals surface area contributed by atoms with E-state index in [-0.39, 0.29) is 41.1 Å². The molecule has 0 spiro atoms. The number of hydrogen-bond donors (Lipinski definition) is 0. The highest BCUT2D eigenvalue weighted by Gasteiger charge is 2.24. The Balaban J connectivity index is 1.66. The van der Waals surface area contributed by atoms with Gasteiger partial charge >= 0.3 is 11.9 Å². The number of ether oxygens (including phenoxy) is 3. The SMILES string of the molecule is C=CC(=O)COC1CCc2ccc(-c3ccc(-c4ccc(OC(=O)C(=C)C)cc4OC(=O)C(=C)C)c(C)c3)cc21. The lowest BCUT2D eigenvalue weighted by molar-refractivity contribution is -0.130. The van der Waals surface area contributed by atoms with Gasteiger partial charge in [-0.1, -0.05) is 50.1 Å². The monoisotopic (exact) mass is 536 g/mol. The third kappa shape index (κ3) is 6.35. The highest BCUT2D eigenvalue weighted by Crippen LogP contribution is 2.39. The van der Waals surface area contributed by atoms with Crippen molar-refractivity contribution in [1.82, 2.24) is 0 Å². The van der Waals surface area contributed by atoms with Gasteiger partial charge in [-0.25, -0.2) is 9.59 Å². The summed E-state index contributed by atoms with van der Waals surface area (Å²) in [5.74, 6) is -0.794. The van der Waals surface area contributed by atoms with Crippen LogP contribution in [-0.2, 0) is 25.5 Å². The van der Waals surface area contributed by atoms with Gasteiger partial charge in [-0.3, -0.25) is 4.79 Å². The molecule has 0 saturated carbocycles.